The van der Waals surface area contributed by atoms with Crippen molar-refractivity contribution in [3.8, 4) is 16.9 Å². The van der Waals surface area contributed by atoms with Crippen LogP contribution in [-0.2, 0) is 16.4 Å². The van der Waals surface area contributed by atoms with Crippen molar-refractivity contribution in [3.63, 3.8) is 0 Å². The van der Waals surface area contributed by atoms with Gasteiger partial charge in [0.2, 0.25) is 10.0 Å². The number of hydrogen-bond acceptors (Lipinski definition) is 6. The second kappa shape index (κ2) is 13.7. The number of benzene rings is 3. The zero-order valence-electron chi connectivity index (χ0n) is 22.4. The maximum atomic E-state index is 12.8. The fourth-order valence-electron chi connectivity index (χ4n) is 4.75. The molecule has 0 saturated heterocycles. The first-order chi connectivity index (χ1) is 18.8. The number of aliphatic hydroxyl groups is 1. The van der Waals surface area contributed by atoms with Gasteiger partial charge in [0.05, 0.1) is 23.5 Å². The molecule has 1 amide bonds. The van der Waals surface area contributed by atoms with E-state index in [0.717, 1.165) is 55.3 Å². The summed E-state index contributed by atoms with van der Waals surface area (Å²) in [5.74, 6) is -0.437. The first-order valence-electron chi connectivity index (χ1n) is 13.7. The summed E-state index contributed by atoms with van der Waals surface area (Å²) in [6.07, 6.45) is 5.48. The van der Waals surface area contributed by atoms with Crippen LogP contribution in [0.3, 0.4) is 0 Å². The van der Waals surface area contributed by atoms with Crippen LogP contribution in [0.4, 0.5) is 0 Å². The van der Waals surface area contributed by atoms with Gasteiger partial charge < -0.3 is 15.2 Å². The molecule has 7 nitrogen and oxygen atoms in total. The topological polar surface area (TPSA) is 105 Å². The number of carbonyl (C=O) groups excluding carboxylic acids is 1. The molecule has 0 bridgehead atoms. The van der Waals surface area contributed by atoms with Crippen molar-refractivity contribution in [2.45, 2.75) is 57.7 Å². The minimum Gasteiger partial charge on any atom is -0.490 e. The van der Waals surface area contributed by atoms with Gasteiger partial charge in [0.15, 0.2) is 0 Å². The zero-order chi connectivity index (χ0) is 27.7. The van der Waals surface area contributed by atoms with Gasteiger partial charge >= 0.3 is 0 Å². The van der Waals surface area contributed by atoms with Crippen LogP contribution < -0.4 is 14.8 Å². The van der Waals surface area contributed by atoms with Crippen molar-refractivity contribution in [3.05, 3.63) is 89.5 Å². The maximum Gasteiger partial charge on any atom is 0.268 e. The molecule has 1 aliphatic rings. The lowest BCUT2D eigenvalue weighted by atomic mass is 9.97. The molecule has 1 saturated carbocycles. The second-order valence-corrected chi connectivity index (χ2v) is 12.0. The fraction of sp³-hybridized carbons (Fsp3) is 0.387. The molecular formula is C31H38N2O5S. The van der Waals surface area contributed by atoms with Gasteiger partial charge in [-0.15, -0.1) is 0 Å². The Labute approximate surface area is 231 Å². The lowest BCUT2D eigenvalue weighted by Gasteiger charge is -2.24. The van der Waals surface area contributed by atoms with Crippen molar-refractivity contribution in [1.82, 2.24) is 10.0 Å². The number of ether oxygens (including phenoxy) is 1. The van der Waals surface area contributed by atoms with Crippen LogP contribution in [0.2, 0.25) is 0 Å². The van der Waals surface area contributed by atoms with E-state index in [-0.39, 0.29) is 17.4 Å². The van der Waals surface area contributed by atoms with Crippen LogP contribution in [-0.4, -0.2) is 44.4 Å². The molecular weight excluding hydrogens is 512 g/mol. The van der Waals surface area contributed by atoms with Gasteiger partial charge in [-0.05, 0) is 80.0 Å². The first kappa shape index (κ1) is 28.8. The molecule has 0 unspecified atom stereocenters. The maximum absolute atomic E-state index is 12.8. The Balaban J connectivity index is 1.42. The Hall–Kier alpha value is -3.20. The van der Waals surface area contributed by atoms with Crippen LogP contribution in [0.25, 0.3) is 11.1 Å². The van der Waals surface area contributed by atoms with Crippen molar-refractivity contribution >= 4 is 15.9 Å². The summed E-state index contributed by atoms with van der Waals surface area (Å²) in [4.78, 5) is 12.8. The van der Waals surface area contributed by atoms with E-state index in [0.29, 0.717) is 12.3 Å². The molecule has 0 spiro atoms. The van der Waals surface area contributed by atoms with E-state index in [2.05, 4.69) is 22.2 Å². The second-order valence-electron chi connectivity index (χ2n) is 10.0. The van der Waals surface area contributed by atoms with Crippen LogP contribution in [0.15, 0.2) is 72.8 Å². The molecule has 3 aromatic rings. The van der Waals surface area contributed by atoms with E-state index in [1.807, 2.05) is 54.6 Å². The number of carbonyl (C=O) groups is 1. The van der Waals surface area contributed by atoms with Gasteiger partial charge in [-0.3, -0.25) is 4.79 Å². The normalized spacial score (nSPS) is 15.0. The number of aliphatic hydroxyl groups excluding tert-OH is 1. The SMILES string of the molecule is CCS(=O)(=O)NC(=O)c1ccc(-c2ccc(CCNC[C@@H](O)c3ccccc3)cc2)cc1OC1CCCCC1. The monoisotopic (exact) mass is 550 g/mol. The molecule has 0 aromatic heterocycles. The predicted octanol–water partition coefficient (Wildman–Crippen LogP) is 5.01. The summed E-state index contributed by atoms with van der Waals surface area (Å²) in [6.45, 7) is 2.73. The van der Waals surface area contributed by atoms with Crippen LogP contribution in [0.1, 0.15) is 66.6 Å². The quantitative estimate of drug-likeness (QED) is 0.274. The van der Waals surface area contributed by atoms with Gasteiger partial charge in [0.25, 0.3) is 5.91 Å². The zero-order valence-corrected chi connectivity index (χ0v) is 23.3. The number of nitrogens with one attached hydrogen (secondary N) is 2. The molecule has 39 heavy (non-hydrogen) atoms. The Bertz CT molecular complexity index is 1320. The van der Waals surface area contributed by atoms with E-state index in [1.165, 1.54) is 18.9 Å². The molecule has 0 radical (unpaired) electrons. The summed E-state index contributed by atoms with van der Waals surface area (Å²) < 4.78 is 32.4. The van der Waals surface area contributed by atoms with Gasteiger partial charge in [-0.25, -0.2) is 13.1 Å². The van der Waals surface area contributed by atoms with E-state index < -0.39 is 22.0 Å². The molecule has 8 heteroatoms. The highest BCUT2D eigenvalue weighted by molar-refractivity contribution is 7.90. The average molecular weight is 551 g/mol. The van der Waals surface area contributed by atoms with Gasteiger partial charge in [-0.1, -0.05) is 67.1 Å². The standard InChI is InChI=1S/C31H38N2O5S/c1-2-39(36,37)33-31(35)28-18-17-26(21-30(28)38-27-11-7-4-8-12-27)24-15-13-23(14-16-24)19-20-32-22-29(34)25-9-5-3-6-10-25/h3,5-6,9-10,13-18,21,27,29,32,34H,2,4,7-8,11-12,19-20,22H2,1H3,(H,33,35)/t29-/m1/s1. The van der Waals surface area contributed by atoms with Gasteiger partial charge in [-0.2, -0.15) is 0 Å². The van der Waals surface area contributed by atoms with Crippen molar-refractivity contribution in [2.24, 2.45) is 0 Å². The number of amides is 1. The minimum atomic E-state index is -3.69. The number of rotatable bonds is 12. The molecule has 1 fully saturated rings. The van der Waals surface area contributed by atoms with E-state index >= 15 is 0 Å². The highest BCUT2D eigenvalue weighted by Crippen LogP contribution is 2.31. The molecule has 0 aliphatic heterocycles. The van der Waals surface area contributed by atoms with Crippen molar-refractivity contribution in [2.75, 3.05) is 18.8 Å². The fourth-order valence-corrected chi connectivity index (χ4v) is 5.28. The smallest absolute Gasteiger partial charge is 0.268 e. The van der Waals surface area contributed by atoms with Crippen LogP contribution >= 0.6 is 0 Å². The Morgan fingerprint density at radius 1 is 0.974 bits per heavy atom. The van der Waals surface area contributed by atoms with Gasteiger partial charge in [0, 0.05) is 6.54 Å². The molecule has 4 rings (SSSR count). The largest absolute Gasteiger partial charge is 0.490 e. The van der Waals surface area contributed by atoms with E-state index in [4.69, 9.17) is 4.74 Å². The van der Waals surface area contributed by atoms with Crippen LogP contribution in [0.5, 0.6) is 5.75 Å². The molecule has 0 heterocycles. The lowest BCUT2D eigenvalue weighted by molar-refractivity contribution is 0.0969. The lowest BCUT2D eigenvalue weighted by Crippen LogP contribution is -2.32. The highest BCUT2D eigenvalue weighted by atomic mass is 32.2. The number of hydrogen-bond donors (Lipinski definition) is 3. The number of sulfonamides is 1. The van der Waals surface area contributed by atoms with E-state index in [1.54, 1.807) is 6.07 Å². The third kappa shape index (κ3) is 8.39. The average Bonchev–Trinajstić information content (AvgIpc) is 2.96. The van der Waals surface area contributed by atoms with Crippen molar-refractivity contribution in [1.29, 1.82) is 0 Å². The van der Waals surface area contributed by atoms with Gasteiger partial charge in [0.1, 0.15) is 5.75 Å². The van der Waals surface area contributed by atoms with Crippen molar-refractivity contribution < 1.29 is 23.1 Å². The minimum absolute atomic E-state index is 0.0126. The molecule has 3 aromatic carbocycles. The summed E-state index contributed by atoms with van der Waals surface area (Å²) >= 11 is 0. The third-order valence-electron chi connectivity index (χ3n) is 7.10. The molecule has 1 atom stereocenters. The Kier molecular flexibility index (Phi) is 10.1. The third-order valence-corrected chi connectivity index (χ3v) is 8.36. The predicted molar refractivity (Wildman–Crippen MR) is 154 cm³/mol. The summed E-state index contributed by atoms with van der Waals surface area (Å²) in [6, 6.07) is 23.1. The van der Waals surface area contributed by atoms with Crippen LogP contribution in [0, 0.1) is 0 Å². The van der Waals surface area contributed by atoms with E-state index in [9.17, 15) is 18.3 Å². The summed E-state index contributed by atoms with van der Waals surface area (Å²) in [7, 11) is -3.69. The summed E-state index contributed by atoms with van der Waals surface area (Å²) in [5, 5.41) is 13.6. The first-order valence-corrected chi connectivity index (χ1v) is 15.4. The highest BCUT2D eigenvalue weighted by Gasteiger charge is 2.22. The molecule has 3 N–H and O–H groups in total. The Morgan fingerprint density at radius 3 is 2.36 bits per heavy atom. The summed E-state index contributed by atoms with van der Waals surface area (Å²) in [5.41, 5.74) is 4.16. The molecule has 208 valence electrons. The Morgan fingerprint density at radius 2 is 1.67 bits per heavy atom. The molecule has 1 aliphatic carbocycles.